The van der Waals surface area contributed by atoms with Crippen LogP contribution in [0, 0.1) is 0 Å². The summed E-state index contributed by atoms with van der Waals surface area (Å²) in [6.07, 6.45) is 2.15. The van der Waals surface area contributed by atoms with E-state index in [0.717, 1.165) is 35.7 Å². The molecule has 0 radical (unpaired) electrons. The summed E-state index contributed by atoms with van der Waals surface area (Å²) < 4.78 is 16.2. The zero-order valence-electron chi connectivity index (χ0n) is 13.5. The molecular formula is C16H27NO3. The third-order valence-electron chi connectivity index (χ3n) is 4.07. The fourth-order valence-electron chi connectivity index (χ4n) is 2.05. The molecule has 0 aliphatic rings. The second kappa shape index (κ2) is 7.39. The van der Waals surface area contributed by atoms with E-state index in [2.05, 4.69) is 26.1 Å². The molecule has 0 aliphatic carbocycles. The summed E-state index contributed by atoms with van der Waals surface area (Å²) in [7, 11) is 4.96. The average molecular weight is 281 g/mol. The van der Waals surface area contributed by atoms with E-state index < -0.39 is 0 Å². The minimum absolute atomic E-state index is 0.121. The van der Waals surface area contributed by atoms with Crippen molar-refractivity contribution in [1.82, 2.24) is 5.32 Å². The maximum atomic E-state index is 5.46. The molecule has 0 saturated heterocycles. The number of benzene rings is 1. The molecule has 0 spiro atoms. The molecule has 4 nitrogen and oxygen atoms in total. The van der Waals surface area contributed by atoms with Gasteiger partial charge in [-0.2, -0.15) is 0 Å². The molecule has 0 aliphatic heterocycles. The zero-order valence-corrected chi connectivity index (χ0v) is 13.5. The minimum Gasteiger partial charge on any atom is -0.496 e. The lowest BCUT2D eigenvalue weighted by atomic mass is 9.95. The summed E-state index contributed by atoms with van der Waals surface area (Å²) in [5.74, 6) is 2.29. The predicted octanol–water partition coefficient (Wildman–Crippen LogP) is 3.38. The Morgan fingerprint density at radius 1 is 0.950 bits per heavy atom. The Balaban J connectivity index is 3.04. The van der Waals surface area contributed by atoms with Crippen LogP contribution in [0.5, 0.6) is 17.2 Å². The SMILES string of the molecule is CCC(C)(CC)NCc1c(OC)cc(OC)cc1OC. The van der Waals surface area contributed by atoms with Crippen LogP contribution in [0.2, 0.25) is 0 Å². The van der Waals surface area contributed by atoms with Gasteiger partial charge in [0.25, 0.3) is 0 Å². The normalized spacial score (nSPS) is 11.3. The highest BCUT2D eigenvalue weighted by atomic mass is 16.5. The number of nitrogens with one attached hydrogen (secondary N) is 1. The molecule has 1 N–H and O–H groups in total. The Morgan fingerprint density at radius 2 is 1.45 bits per heavy atom. The monoisotopic (exact) mass is 281 g/mol. The summed E-state index contributed by atoms with van der Waals surface area (Å²) in [5.41, 5.74) is 1.14. The van der Waals surface area contributed by atoms with E-state index in [1.54, 1.807) is 21.3 Å². The van der Waals surface area contributed by atoms with Crippen molar-refractivity contribution in [2.75, 3.05) is 21.3 Å². The van der Waals surface area contributed by atoms with Gasteiger partial charge in [-0.3, -0.25) is 0 Å². The van der Waals surface area contributed by atoms with Crippen LogP contribution in [0.25, 0.3) is 0 Å². The van der Waals surface area contributed by atoms with E-state index in [0.29, 0.717) is 6.54 Å². The Bertz CT molecular complexity index is 403. The molecule has 0 fully saturated rings. The smallest absolute Gasteiger partial charge is 0.130 e. The van der Waals surface area contributed by atoms with Gasteiger partial charge in [0.1, 0.15) is 17.2 Å². The molecule has 0 aromatic heterocycles. The average Bonchev–Trinajstić information content (AvgIpc) is 2.51. The lowest BCUT2D eigenvalue weighted by Crippen LogP contribution is -2.40. The van der Waals surface area contributed by atoms with Gasteiger partial charge in [-0.25, -0.2) is 0 Å². The van der Waals surface area contributed by atoms with Crippen LogP contribution in [-0.2, 0) is 6.54 Å². The van der Waals surface area contributed by atoms with Gasteiger partial charge in [0.15, 0.2) is 0 Å². The Hall–Kier alpha value is -1.42. The summed E-state index contributed by atoms with van der Waals surface area (Å²) in [6.45, 7) is 7.32. The van der Waals surface area contributed by atoms with Crippen LogP contribution >= 0.6 is 0 Å². The Kier molecular flexibility index (Phi) is 6.14. The standard InChI is InChI=1S/C16H27NO3/c1-7-16(3,8-2)17-11-13-14(19-5)9-12(18-4)10-15(13)20-6/h9-10,17H,7-8,11H2,1-6H3. The second-order valence-corrected chi connectivity index (χ2v) is 5.13. The molecule has 0 saturated carbocycles. The Labute approximate surface area is 122 Å². The molecule has 4 heteroatoms. The highest BCUT2D eigenvalue weighted by Gasteiger charge is 2.21. The Morgan fingerprint density at radius 3 is 1.80 bits per heavy atom. The minimum atomic E-state index is 0.121. The van der Waals surface area contributed by atoms with Crippen molar-refractivity contribution in [2.24, 2.45) is 0 Å². The lowest BCUT2D eigenvalue weighted by molar-refractivity contribution is 0.317. The van der Waals surface area contributed by atoms with E-state index in [9.17, 15) is 0 Å². The molecule has 0 bridgehead atoms. The fraction of sp³-hybridized carbons (Fsp3) is 0.625. The first-order valence-electron chi connectivity index (χ1n) is 7.07. The van der Waals surface area contributed by atoms with Crippen LogP contribution in [0.4, 0.5) is 0 Å². The fourth-order valence-corrected chi connectivity index (χ4v) is 2.05. The van der Waals surface area contributed by atoms with Crippen molar-refractivity contribution in [3.63, 3.8) is 0 Å². The van der Waals surface area contributed by atoms with Gasteiger partial charge < -0.3 is 19.5 Å². The molecule has 1 aromatic carbocycles. The molecule has 20 heavy (non-hydrogen) atoms. The summed E-state index contributed by atoms with van der Waals surface area (Å²) >= 11 is 0. The van der Waals surface area contributed by atoms with Crippen LogP contribution in [0.3, 0.4) is 0 Å². The largest absolute Gasteiger partial charge is 0.496 e. The molecule has 1 aromatic rings. The molecule has 0 atom stereocenters. The van der Waals surface area contributed by atoms with Crippen LogP contribution in [-0.4, -0.2) is 26.9 Å². The third kappa shape index (κ3) is 3.79. The number of hydrogen-bond acceptors (Lipinski definition) is 4. The predicted molar refractivity (Wildman–Crippen MR) is 81.9 cm³/mol. The molecule has 0 heterocycles. The quantitative estimate of drug-likeness (QED) is 0.793. The third-order valence-corrected chi connectivity index (χ3v) is 4.07. The van der Waals surface area contributed by atoms with Crippen molar-refractivity contribution in [2.45, 2.75) is 45.7 Å². The van der Waals surface area contributed by atoms with E-state index >= 15 is 0 Å². The van der Waals surface area contributed by atoms with Crippen molar-refractivity contribution < 1.29 is 14.2 Å². The van der Waals surface area contributed by atoms with Gasteiger partial charge >= 0.3 is 0 Å². The first-order chi connectivity index (χ1) is 9.53. The maximum absolute atomic E-state index is 5.46. The van der Waals surface area contributed by atoms with Gasteiger partial charge in [-0.05, 0) is 19.8 Å². The number of methoxy groups -OCH3 is 3. The highest BCUT2D eigenvalue weighted by molar-refractivity contribution is 5.50. The van der Waals surface area contributed by atoms with Crippen molar-refractivity contribution in [3.8, 4) is 17.2 Å². The van der Waals surface area contributed by atoms with E-state index in [-0.39, 0.29) is 5.54 Å². The summed E-state index contributed by atoms with van der Waals surface area (Å²) in [6, 6.07) is 3.77. The van der Waals surface area contributed by atoms with Gasteiger partial charge in [0.05, 0.1) is 26.9 Å². The molecule has 0 amide bonds. The van der Waals surface area contributed by atoms with Gasteiger partial charge in [-0.15, -0.1) is 0 Å². The molecule has 0 unspecified atom stereocenters. The van der Waals surface area contributed by atoms with Crippen molar-refractivity contribution in [1.29, 1.82) is 0 Å². The summed E-state index contributed by atoms with van der Waals surface area (Å²) in [5, 5.41) is 3.60. The topological polar surface area (TPSA) is 39.7 Å². The molecule has 114 valence electrons. The summed E-state index contributed by atoms with van der Waals surface area (Å²) in [4.78, 5) is 0. The first-order valence-corrected chi connectivity index (χ1v) is 7.07. The van der Waals surface area contributed by atoms with Gasteiger partial charge in [-0.1, -0.05) is 13.8 Å². The van der Waals surface area contributed by atoms with Crippen LogP contribution in [0.1, 0.15) is 39.2 Å². The number of rotatable bonds is 8. The van der Waals surface area contributed by atoms with Crippen molar-refractivity contribution in [3.05, 3.63) is 17.7 Å². The van der Waals surface area contributed by atoms with Crippen molar-refractivity contribution >= 4 is 0 Å². The maximum Gasteiger partial charge on any atom is 0.130 e. The van der Waals surface area contributed by atoms with Crippen LogP contribution < -0.4 is 19.5 Å². The first kappa shape index (κ1) is 16.6. The molecular weight excluding hydrogens is 254 g/mol. The van der Waals surface area contributed by atoms with Gasteiger partial charge in [0, 0.05) is 24.2 Å². The lowest BCUT2D eigenvalue weighted by Gasteiger charge is -2.29. The number of hydrogen-bond donors (Lipinski definition) is 1. The van der Waals surface area contributed by atoms with Gasteiger partial charge in [0.2, 0.25) is 0 Å². The second-order valence-electron chi connectivity index (χ2n) is 5.13. The van der Waals surface area contributed by atoms with E-state index in [1.807, 2.05) is 12.1 Å². The van der Waals surface area contributed by atoms with Crippen LogP contribution in [0.15, 0.2) is 12.1 Å². The molecule has 1 rings (SSSR count). The number of ether oxygens (including phenoxy) is 3. The van der Waals surface area contributed by atoms with E-state index in [1.165, 1.54) is 0 Å². The highest BCUT2D eigenvalue weighted by Crippen LogP contribution is 2.34. The van der Waals surface area contributed by atoms with E-state index in [4.69, 9.17) is 14.2 Å². The zero-order chi connectivity index (χ0) is 15.2.